The maximum atomic E-state index is 12.7. The maximum Gasteiger partial charge on any atom is 0.387 e. The zero-order valence-corrected chi connectivity index (χ0v) is 17.6. The highest BCUT2D eigenvalue weighted by molar-refractivity contribution is 7.98. The van der Waals surface area contributed by atoms with Crippen molar-refractivity contribution in [3.63, 3.8) is 0 Å². The third kappa shape index (κ3) is 7.06. The Labute approximate surface area is 181 Å². The highest BCUT2D eigenvalue weighted by Gasteiger charge is 2.22. The van der Waals surface area contributed by atoms with Gasteiger partial charge < -0.3 is 15.4 Å². The van der Waals surface area contributed by atoms with Crippen LogP contribution in [0.15, 0.2) is 42.5 Å². The predicted octanol–water partition coefficient (Wildman–Crippen LogP) is 5.09. The predicted molar refractivity (Wildman–Crippen MR) is 112 cm³/mol. The molecule has 0 saturated carbocycles. The lowest BCUT2D eigenvalue weighted by Crippen LogP contribution is -2.44. The highest BCUT2D eigenvalue weighted by atomic mass is 35.5. The van der Waals surface area contributed by atoms with Crippen molar-refractivity contribution in [3.05, 3.63) is 58.1 Å². The Balaban J connectivity index is 2.11. The van der Waals surface area contributed by atoms with Gasteiger partial charge >= 0.3 is 6.61 Å². The molecule has 1 atom stereocenters. The Kier molecular flexibility index (Phi) is 9.00. The molecule has 0 aromatic heterocycles. The number of carbonyl (C=O) groups excluding carboxylic acids is 2. The molecule has 2 rings (SSSR count). The molecule has 156 valence electrons. The summed E-state index contributed by atoms with van der Waals surface area (Å²) in [6.07, 6.45) is 2.26. The Hall–Kier alpha value is -2.03. The Bertz CT molecular complexity index is 871. The van der Waals surface area contributed by atoms with Gasteiger partial charge in [-0.3, -0.25) is 9.59 Å². The van der Waals surface area contributed by atoms with Crippen LogP contribution >= 0.6 is 35.0 Å². The van der Waals surface area contributed by atoms with Crippen LogP contribution in [0, 0.1) is 0 Å². The number of rotatable bonds is 9. The first-order valence-corrected chi connectivity index (χ1v) is 10.6. The largest absolute Gasteiger partial charge is 0.433 e. The van der Waals surface area contributed by atoms with Gasteiger partial charge in [0.05, 0.1) is 15.6 Å². The number of halogens is 4. The van der Waals surface area contributed by atoms with Crippen LogP contribution in [-0.4, -0.2) is 36.5 Å². The van der Waals surface area contributed by atoms with Gasteiger partial charge in [-0.2, -0.15) is 20.5 Å². The molecule has 10 heteroatoms. The van der Waals surface area contributed by atoms with E-state index < -0.39 is 24.5 Å². The van der Waals surface area contributed by atoms with Crippen molar-refractivity contribution in [2.24, 2.45) is 0 Å². The first-order valence-electron chi connectivity index (χ1n) is 8.41. The summed E-state index contributed by atoms with van der Waals surface area (Å²) >= 11 is 13.5. The van der Waals surface area contributed by atoms with Crippen LogP contribution in [0.25, 0.3) is 0 Å². The lowest BCUT2D eigenvalue weighted by molar-refractivity contribution is -0.118. The van der Waals surface area contributed by atoms with Crippen LogP contribution in [0.2, 0.25) is 10.0 Å². The third-order valence-electron chi connectivity index (χ3n) is 3.77. The smallest absolute Gasteiger partial charge is 0.387 e. The first-order chi connectivity index (χ1) is 13.8. The molecule has 0 radical (unpaired) electrons. The van der Waals surface area contributed by atoms with Crippen molar-refractivity contribution >= 4 is 52.5 Å². The Morgan fingerprint density at radius 1 is 1.14 bits per heavy atom. The minimum atomic E-state index is -3.01. The van der Waals surface area contributed by atoms with Gasteiger partial charge in [0.2, 0.25) is 5.91 Å². The molecular formula is C19H18Cl2F2N2O3S. The molecule has 29 heavy (non-hydrogen) atoms. The van der Waals surface area contributed by atoms with E-state index in [0.717, 1.165) is 0 Å². The van der Waals surface area contributed by atoms with Crippen molar-refractivity contribution < 1.29 is 23.1 Å². The summed E-state index contributed by atoms with van der Waals surface area (Å²) in [5, 5.41) is 5.49. The normalized spacial score (nSPS) is 11.8. The van der Waals surface area contributed by atoms with E-state index in [0.29, 0.717) is 12.2 Å². The molecule has 2 aromatic carbocycles. The van der Waals surface area contributed by atoms with Gasteiger partial charge in [-0.05, 0) is 48.8 Å². The number of nitrogens with one attached hydrogen (secondary N) is 2. The van der Waals surface area contributed by atoms with Crippen LogP contribution in [0.5, 0.6) is 5.75 Å². The van der Waals surface area contributed by atoms with E-state index in [-0.39, 0.29) is 27.0 Å². The summed E-state index contributed by atoms with van der Waals surface area (Å²) in [7, 11) is 0. The molecule has 2 N–H and O–H groups in total. The van der Waals surface area contributed by atoms with E-state index in [1.165, 1.54) is 30.0 Å². The number of amides is 2. The van der Waals surface area contributed by atoms with E-state index in [4.69, 9.17) is 23.2 Å². The van der Waals surface area contributed by atoms with Gasteiger partial charge in [0.1, 0.15) is 11.8 Å². The quantitative estimate of drug-likeness (QED) is 0.544. The first kappa shape index (κ1) is 23.3. The second kappa shape index (κ2) is 11.2. The second-order valence-corrected chi connectivity index (χ2v) is 7.60. The average Bonchev–Trinajstić information content (AvgIpc) is 2.67. The fourth-order valence-electron chi connectivity index (χ4n) is 2.39. The minimum Gasteiger partial charge on any atom is -0.433 e. The molecular weight excluding hydrogens is 445 g/mol. The van der Waals surface area contributed by atoms with Crippen molar-refractivity contribution in [2.45, 2.75) is 19.1 Å². The number of hydrogen-bond acceptors (Lipinski definition) is 4. The maximum absolute atomic E-state index is 12.7. The van der Waals surface area contributed by atoms with E-state index in [1.54, 1.807) is 24.3 Å². The van der Waals surface area contributed by atoms with Crippen LogP contribution in [0.4, 0.5) is 14.5 Å². The molecule has 0 bridgehead atoms. The molecule has 5 nitrogen and oxygen atoms in total. The van der Waals surface area contributed by atoms with Crippen LogP contribution in [-0.2, 0) is 4.79 Å². The zero-order valence-electron chi connectivity index (χ0n) is 15.3. The SMILES string of the molecule is CSCCC(NC(=O)c1ccccc1Cl)C(=O)Nc1ccc(OC(F)F)c(Cl)c1. The highest BCUT2D eigenvalue weighted by Crippen LogP contribution is 2.29. The second-order valence-electron chi connectivity index (χ2n) is 5.80. The standard InChI is InChI=1S/C19H18Cl2F2N2O3S/c1-29-9-8-15(25-17(26)12-4-2-3-5-13(12)20)18(27)24-11-6-7-16(14(21)10-11)28-19(22)23/h2-7,10,15,19H,8-9H2,1H3,(H,24,27)(H,25,26). The van der Waals surface area contributed by atoms with Crippen molar-refractivity contribution in [1.29, 1.82) is 0 Å². The summed E-state index contributed by atoms with van der Waals surface area (Å²) in [6.45, 7) is -3.01. The Morgan fingerprint density at radius 3 is 2.48 bits per heavy atom. The van der Waals surface area contributed by atoms with Gasteiger partial charge in [0.25, 0.3) is 5.91 Å². The monoisotopic (exact) mass is 462 g/mol. The number of alkyl halides is 2. The van der Waals surface area contributed by atoms with Gasteiger partial charge in [-0.1, -0.05) is 35.3 Å². The fourth-order valence-corrected chi connectivity index (χ4v) is 3.30. The number of hydrogen-bond donors (Lipinski definition) is 2. The lowest BCUT2D eigenvalue weighted by atomic mass is 10.1. The van der Waals surface area contributed by atoms with Crippen molar-refractivity contribution in [3.8, 4) is 5.75 Å². The molecule has 0 aliphatic rings. The topological polar surface area (TPSA) is 67.4 Å². The molecule has 2 amide bonds. The minimum absolute atomic E-state index is 0.0798. The van der Waals surface area contributed by atoms with Gasteiger partial charge in [-0.15, -0.1) is 0 Å². The fraction of sp³-hybridized carbons (Fsp3) is 0.263. The molecule has 0 fully saturated rings. The van der Waals surface area contributed by atoms with E-state index in [1.807, 2.05) is 6.26 Å². The number of carbonyl (C=O) groups is 2. The van der Waals surface area contributed by atoms with E-state index in [2.05, 4.69) is 15.4 Å². The van der Waals surface area contributed by atoms with Gasteiger partial charge in [-0.25, -0.2) is 0 Å². The summed E-state index contributed by atoms with van der Waals surface area (Å²) in [4.78, 5) is 25.2. The summed E-state index contributed by atoms with van der Waals surface area (Å²) in [5.41, 5.74) is 0.537. The van der Waals surface area contributed by atoms with Crippen molar-refractivity contribution in [1.82, 2.24) is 5.32 Å². The lowest BCUT2D eigenvalue weighted by Gasteiger charge is -2.19. The summed E-state index contributed by atoms with van der Waals surface area (Å²) < 4.78 is 28.9. The molecule has 0 spiro atoms. The number of thioether (sulfide) groups is 1. The molecule has 2 aromatic rings. The third-order valence-corrected chi connectivity index (χ3v) is 5.04. The average molecular weight is 463 g/mol. The molecule has 0 aliphatic carbocycles. The van der Waals surface area contributed by atoms with Gasteiger partial charge in [0, 0.05) is 5.69 Å². The molecule has 0 heterocycles. The molecule has 0 saturated heterocycles. The van der Waals surface area contributed by atoms with Gasteiger partial charge in [0.15, 0.2) is 0 Å². The summed E-state index contributed by atoms with van der Waals surface area (Å²) in [5.74, 6) is -0.526. The van der Waals surface area contributed by atoms with Crippen molar-refractivity contribution in [2.75, 3.05) is 17.3 Å². The Morgan fingerprint density at radius 2 is 1.86 bits per heavy atom. The van der Waals surface area contributed by atoms with Crippen LogP contribution in [0.1, 0.15) is 16.8 Å². The molecule has 0 aliphatic heterocycles. The zero-order chi connectivity index (χ0) is 21.4. The van der Waals surface area contributed by atoms with E-state index in [9.17, 15) is 18.4 Å². The number of ether oxygens (including phenoxy) is 1. The summed E-state index contributed by atoms with van der Waals surface area (Å²) in [6, 6.07) is 9.57. The number of anilines is 1. The number of benzene rings is 2. The molecule has 1 unspecified atom stereocenters. The van der Waals surface area contributed by atoms with Crippen LogP contribution in [0.3, 0.4) is 0 Å². The van der Waals surface area contributed by atoms with E-state index >= 15 is 0 Å². The van der Waals surface area contributed by atoms with Crippen LogP contribution < -0.4 is 15.4 Å².